The number of benzene rings is 2. The summed E-state index contributed by atoms with van der Waals surface area (Å²) >= 11 is 1.29. The Morgan fingerprint density at radius 2 is 1.83 bits per heavy atom. The van der Waals surface area contributed by atoms with Crippen LogP contribution in [0.3, 0.4) is 0 Å². The molecule has 0 radical (unpaired) electrons. The Hall–Kier alpha value is -2.48. The smallest absolute Gasteiger partial charge is 0.254 e. The molecule has 2 heterocycles. The van der Waals surface area contributed by atoms with Gasteiger partial charge in [0.1, 0.15) is 11.1 Å². The van der Waals surface area contributed by atoms with Crippen LogP contribution in [0, 0.1) is 0 Å². The maximum atomic E-state index is 12.8. The summed E-state index contributed by atoms with van der Waals surface area (Å²) in [5, 5.41) is 21.4. The van der Waals surface area contributed by atoms with E-state index < -0.39 is 18.1 Å². The fourth-order valence-electron chi connectivity index (χ4n) is 3.76. The van der Waals surface area contributed by atoms with Gasteiger partial charge in [0, 0.05) is 32.4 Å². The Labute approximate surface area is 174 Å². The van der Waals surface area contributed by atoms with Gasteiger partial charge in [-0.3, -0.25) is 4.79 Å². The molecule has 0 bridgehead atoms. The van der Waals surface area contributed by atoms with Crippen molar-refractivity contribution in [2.75, 3.05) is 25.0 Å². The van der Waals surface area contributed by atoms with Crippen molar-refractivity contribution in [1.29, 1.82) is 0 Å². The van der Waals surface area contributed by atoms with Crippen LogP contribution < -0.4 is 4.90 Å². The maximum Gasteiger partial charge on any atom is 0.254 e. The summed E-state index contributed by atoms with van der Waals surface area (Å²) in [7, 11) is 1.65. The number of carbonyl (C=O) groups excluding carboxylic acids is 1. The first-order chi connectivity index (χ1) is 14.0. The topological polar surface area (TPSA) is 76.9 Å². The fraction of sp³-hybridized carbons (Fsp3) is 0.364. The lowest BCUT2D eigenvalue weighted by atomic mass is 10.1. The van der Waals surface area contributed by atoms with E-state index in [1.807, 2.05) is 42.5 Å². The first-order valence-corrected chi connectivity index (χ1v) is 10.7. The van der Waals surface area contributed by atoms with Gasteiger partial charge < -0.3 is 20.0 Å². The minimum atomic E-state index is -1.56. The second-order valence-corrected chi connectivity index (χ2v) is 8.49. The molecule has 0 aliphatic carbocycles. The molecular formula is C22H25N3O3S. The summed E-state index contributed by atoms with van der Waals surface area (Å²) < 4.78 is 0.911. The first kappa shape index (κ1) is 19.8. The van der Waals surface area contributed by atoms with Crippen molar-refractivity contribution in [1.82, 2.24) is 9.88 Å². The SMILES string of the molecule is CN(Cc1ccccc1N1CCCC1)C(=O)C(O)C(O)c1nc2ccccc2s1. The molecule has 3 aromatic rings. The Morgan fingerprint density at radius 1 is 1.14 bits per heavy atom. The minimum Gasteiger partial charge on any atom is -0.383 e. The molecule has 2 atom stereocenters. The van der Waals surface area contributed by atoms with E-state index in [2.05, 4.69) is 16.0 Å². The Kier molecular flexibility index (Phi) is 5.80. The van der Waals surface area contributed by atoms with Gasteiger partial charge in [-0.15, -0.1) is 11.3 Å². The third kappa shape index (κ3) is 4.12. The van der Waals surface area contributed by atoms with Gasteiger partial charge in [-0.1, -0.05) is 30.3 Å². The third-order valence-electron chi connectivity index (χ3n) is 5.34. The van der Waals surface area contributed by atoms with Crippen LogP contribution >= 0.6 is 11.3 Å². The number of thiazole rings is 1. The Morgan fingerprint density at radius 3 is 2.59 bits per heavy atom. The van der Waals surface area contributed by atoms with Gasteiger partial charge in [0.05, 0.1) is 10.2 Å². The molecule has 4 rings (SSSR count). The van der Waals surface area contributed by atoms with Gasteiger partial charge in [0.15, 0.2) is 6.10 Å². The highest BCUT2D eigenvalue weighted by Crippen LogP contribution is 2.29. The van der Waals surface area contributed by atoms with E-state index in [-0.39, 0.29) is 0 Å². The lowest BCUT2D eigenvalue weighted by Gasteiger charge is -2.26. The predicted molar refractivity (Wildman–Crippen MR) is 115 cm³/mol. The van der Waals surface area contributed by atoms with Crippen LogP contribution in [0.1, 0.15) is 29.5 Å². The van der Waals surface area contributed by atoms with Gasteiger partial charge in [0.2, 0.25) is 0 Å². The van der Waals surface area contributed by atoms with Crippen LogP contribution in [0.4, 0.5) is 5.69 Å². The van der Waals surface area contributed by atoms with Gasteiger partial charge in [0.25, 0.3) is 5.91 Å². The fourth-order valence-corrected chi connectivity index (χ4v) is 4.74. The van der Waals surface area contributed by atoms with Crippen molar-refractivity contribution in [3.63, 3.8) is 0 Å². The molecule has 1 amide bonds. The van der Waals surface area contributed by atoms with E-state index in [9.17, 15) is 15.0 Å². The van der Waals surface area contributed by atoms with Crippen LogP contribution in [-0.4, -0.2) is 52.2 Å². The zero-order valence-corrected chi connectivity index (χ0v) is 17.2. The summed E-state index contributed by atoms with van der Waals surface area (Å²) in [5.41, 5.74) is 2.91. The molecule has 1 aliphatic rings. The minimum absolute atomic E-state index is 0.345. The third-order valence-corrected chi connectivity index (χ3v) is 6.44. The molecule has 0 spiro atoms. The summed E-state index contributed by atoms with van der Waals surface area (Å²) in [4.78, 5) is 20.9. The number of hydrogen-bond acceptors (Lipinski definition) is 6. The van der Waals surface area contributed by atoms with Crippen LogP contribution in [-0.2, 0) is 11.3 Å². The second-order valence-electron chi connectivity index (χ2n) is 7.43. The van der Waals surface area contributed by atoms with E-state index in [1.165, 1.54) is 29.1 Å². The van der Waals surface area contributed by atoms with E-state index in [0.29, 0.717) is 11.6 Å². The predicted octanol–water partition coefficient (Wildman–Crippen LogP) is 2.95. The van der Waals surface area contributed by atoms with Crippen LogP contribution in [0.15, 0.2) is 48.5 Å². The highest BCUT2D eigenvalue weighted by Gasteiger charge is 2.31. The van der Waals surface area contributed by atoms with E-state index in [1.54, 1.807) is 7.05 Å². The Balaban J connectivity index is 1.47. The van der Waals surface area contributed by atoms with Crippen molar-refractivity contribution < 1.29 is 15.0 Å². The number of fused-ring (bicyclic) bond motifs is 1. The molecular weight excluding hydrogens is 386 g/mol. The van der Waals surface area contributed by atoms with E-state index >= 15 is 0 Å². The van der Waals surface area contributed by atoms with Crippen molar-refractivity contribution in [3.05, 3.63) is 59.1 Å². The molecule has 2 N–H and O–H groups in total. The van der Waals surface area contributed by atoms with E-state index in [4.69, 9.17) is 0 Å². The number of aliphatic hydroxyl groups excluding tert-OH is 2. The number of rotatable bonds is 6. The average molecular weight is 412 g/mol. The number of hydrogen-bond donors (Lipinski definition) is 2. The van der Waals surface area contributed by atoms with Crippen molar-refractivity contribution >= 4 is 33.1 Å². The molecule has 152 valence electrons. The molecule has 1 aliphatic heterocycles. The molecule has 6 nitrogen and oxygen atoms in total. The number of likely N-dealkylation sites (N-methyl/N-ethyl adjacent to an activating group) is 1. The number of amides is 1. The van der Waals surface area contributed by atoms with Crippen molar-refractivity contribution in [2.45, 2.75) is 31.6 Å². The van der Waals surface area contributed by atoms with Crippen LogP contribution in [0.5, 0.6) is 0 Å². The highest BCUT2D eigenvalue weighted by atomic mass is 32.1. The van der Waals surface area contributed by atoms with Gasteiger partial charge in [-0.2, -0.15) is 0 Å². The molecule has 29 heavy (non-hydrogen) atoms. The normalized spacial score (nSPS) is 16.2. The van der Waals surface area contributed by atoms with Gasteiger partial charge in [-0.05, 0) is 36.6 Å². The average Bonchev–Trinajstić information content (AvgIpc) is 3.42. The lowest BCUT2D eigenvalue weighted by molar-refractivity contribution is -0.145. The number of nitrogens with zero attached hydrogens (tertiary/aromatic N) is 3. The monoisotopic (exact) mass is 411 g/mol. The van der Waals surface area contributed by atoms with Crippen molar-refractivity contribution in [2.24, 2.45) is 0 Å². The zero-order chi connectivity index (χ0) is 20.4. The molecule has 1 saturated heterocycles. The van der Waals surface area contributed by atoms with Gasteiger partial charge in [-0.25, -0.2) is 4.98 Å². The lowest BCUT2D eigenvalue weighted by Crippen LogP contribution is -2.39. The quantitative estimate of drug-likeness (QED) is 0.652. The van der Waals surface area contributed by atoms with E-state index in [0.717, 1.165) is 34.6 Å². The number of para-hydroxylation sites is 2. The van der Waals surface area contributed by atoms with Crippen LogP contribution in [0.2, 0.25) is 0 Å². The number of carbonyl (C=O) groups is 1. The Bertz CT molecular complexity index is 967. The first-order valence-electron chi connectivity index (χ1n) is 9.84. The molecule has 2 aromatic carbocycles. The number of aromatic nitrogens is 1. The molecule has 2 unspecified atom stereocenters. The standard InChI is InChI=1S/C22H25N3O3S/c1-24(14-15-8-2-4-10-17(15)25-12-6-7-13-25)22(28)20(27)19(26)21-23-16-9-3-5-11-18(16)29-21/h2-5,8-11,19-20,26-27H,6-7,12-14H2,1H3. The number of aliphatic hydroxyl groups is 2. The molecule has 1 aromatic heterocycles. The van der Waals surface area contributed by atoms with Crippen molar-refractivity contribution in [3.8, 4) is 0 Å². The maximum absolute atomic E-state index is 12.8. The van der Waals surface area contributed by atoms with Crippen LogP contribution in [0.25, 0.3) is 10.2 Å². The molecule has 0 saturated carbocycles. The highest BCUT2D eigenvalue weighted by molar-refractivity contribution is 7.18. The number of anilines is 1. The second kappa shape index (κ2) is 8.49. The molecule has 7 heteroatoms. The van der Waals surface area contributed by atoms with Gasteiger partial charge >= 0.3 is 0 Å². The summed E-state index contributed by atoms with van der Waals surface area (Å²) in [5.74, 6) is -0.520. The summed E-state index contributed by atoms with van der Waals surface area (Å²) in [6, 6.07) is 15.6. The largest absolute Gasteiger partial charge is 0.383 e. The summed E-state index contributed by atoms with van der Waals surface area (Å²) in [6.07, 6.45) is -0.553. The zero-order valence-electron chi connectivity index (χ0n) is 16.4. The molecule has 1 fully saturated rings. The summed E-state index contributed by atoms with van der Waals surface area (Å²) in [6.45, 7) is 2.41.